The van der Waals surface area contributed by atoms with Gasteiger partial charge in [-0.15, -0.1) is 0 Å². The number of carboxylic acid groups (broad SMARTS) is 1. The van der Waals surface area contributed by atoms with Gasteiger partial charge in [-0.3, -0.25) is 4.79 Å². The Hall–Kier alpha value is 1.73. The van der Waals surface area contributed by atoms with Crippen molar-refractivity contribution < 1.29 is 71.3 Å². The van der Waals surface area contributed by atoms with Gasteiger partial charge < -0.3 is 20.2 Å². The van der Waals surface area contributed by atoms with Gasteiger partial charge in [-0.05, 0) is 54.6 Å². The van der Waals surface area contributed by atoms with E-state index in [0.29, 0.717) is 48.9 Å². The molecule has 0 heterocycles. The topological polar surface area (TPSA) is 114 Å². The Labute approximate surface area is 333 Å². The smallest absolute Gasteiger partial charge is 0.870 e. The number of methoxy groups -OCH3 is 1. The van der Waals surface area contributed by atoms with Crippen LogP contribution in [0.4, 0.5) is 0 Å². The third-order valence-electron chi connectivity index (χ3n) is 3.80. The molecule has 42 heavy (non-hydrogen) atoms. The number of rotatable bonds is 3. The van der Waals surface area contributed by atoms with Crippen molar-refractivity contribution in [3.8, 4) is 0 Å². The molecule has 0 spiro atoms. The summed E-state index contributed by atoms with van der Waals surface area (Å²) in [6, 6.07) is 19.7. The Bertz CT molecular complexity index is 1170. The van der Waals surface area contributed by atoms with Crippen molar-refractivity contribution >= 4 is 130 Å². The van der Waals surface area contributed by atoms with Gasteiger partial charge in [0.25, 0.3) is 5.91 Å². The van der Waals surface area contributed by atoms with Crippen LogP contribution in [0, 0.1) is 0 Å². The van der Waals surface area contributed by atoms with Gasteiger partial charge in [0.15, 0.2) is 0 Å². The van der Waals surface area contributed by atoms with E-state index in [4.69, 9.17) is 39.9 Å². The van der Waals surface area contributed by atoms with Crippen LogP contribution in [0.5, 0.6) is 0 Å². The van der Waals surface area contributed by atoms with Gasteiger partial charge in [0.1, 0.15) is 0 Å². The number of carbonyl (C=O) groups is 3. The number of carboxylic acids is 1. The molecular formula is C25H27Cl3I5LiNO6V-. The van der Waals surface area contributed by atoms with Gasteiger partial charge >= 0.3 is 131 Å². The number of esters is 1. The maximum absolute atomic E-state index is 11.4. The van der Waals surface area contributed by atoms with E-state index >= 15 is 0 Å². The van der Waals surface area contributed by atoms with Crippen molar-refractivity contribution in [1.29, 1.82) is 0 Å². The SMILES string of the molecule is C.CN(C)C(=O)c1cccc(Cl)c1.COC(=O)c1cccc(Cl)c1.I[I-]I.O=C(O)c1cccc(Cl)c1.[I][V][I].[Li+].[OH-]. The van der Waals surface area contributed by atoms with E-state index in [-0.39, 0.29) is 49.2 Å². The van der Waals surface area contributed by atoms with Crippen molar-refractivity contribution in [2.75, 3.05) is 21.2 Å². The van der Waals surface area contributed by atoms with E-state index in [1.54, 1.807) is 74.8 Å². The molecule has 1 amide bonds. The molecule has 0 fully saturated rings. The zero-order valence-corrected chi connectivity index (χ0v) is 36.3. The molecule has 0 aliphatic carbocycles. The fourth-order valence-electron chi connectivity index (χ4n) is 2.23. The summed E-state index contributed by atoms with van der Waals surface area (Å²) in [5, 5.41) is 10.0. The first-order valence-electron chi connectivity index (χ1n) is 9.97. The van der Waals surface area contributed by atoms with E-state index in [1.165, 1.54) is 24.1 Å². The molecule has 3 rings (SSSR count). The molecule has 0 aromatic heterocycles. The summed E-state index contributed by atoms with van der Waals surface area (Å²) in [4.78, 5) is 34.1. The maximum Gasteiger partial charge on any atom is 1.00 e. The summed E-state index contributed by atoms with van der Waals surface area (Å²) in [6.45, 7) is 0. The molecular weight excluding hydrogens is 1210 g/mol. The van der Waals surface area contributed by atoms with Gasteiger partial charge in [0.2, 0.25) is 0 Å². The van der Waals surface area contributed by atoms with E-state index in [9.17, 15) is 14.4 Å². The molecule has 0 saturated heterocycles. The minimum absolute atomic E-state index is 0. The van der Waals surface area contributed by atoms with E-state index in [2.05, 4.69) is 81.9 Å². The van der Waals surface area contributed by atoms with Crippen LogP contribution in [0.25, 0.3) is 0 Å². The van der Waals surface area contributed by atoms with Gasteiger partial charge in [0.05, 0.1) is 18.2 Å². The summed E-state index contributed by atoms with van der Waals surface area (Å²) >= 11 is 26.9. The summed E-state index contributed by atoms with van der Waals surface area (Å²) in [5.74, 6) is -1.35. The first-order valence-corrected chi connectivity index (χ1v) is 32.7. The number of hydrogen-bond donors (Lipinski definition) is 1. The number of aromatic carboxylic acids is 1. The van der Waals surface area contributed by atoms with Crippen LogP contribution in [0.1, 0.15) is 38.5 Å². The molecule has 0 unspecified atom stereocenters. The molecule has 0 saturated carbocycles. The predicted molar refractivity (Wildman–Crippen MR) is 195 cm³/mol. The number of hydrogen-bond acceptors (Lipinski definition) is 5. The second-order valence-electron chi connectivity index (χ2n) is 6.65. The number of nitrogens with zero attached hydrogens (tertiary/aromatic N) is 1. The van der Waals surface area contributed by atoms with Gasteiger partial charge in [-0.1, -0.05) is 60.4 Å². The monoisotopic (exact) mass is 1230 g/mol. The van der Waals surface area contributed by atoms with Crippen molar-refractivity contribution in [3.63, 3.8) is 0 Å². The van der Waals surface area contributed by atoms with Crippen molar-refractivity contribution in [2.24, 2.45) is 0 Å². The predicted octanol–water partition coefficient (Wildman–Crippen LogP) is 4.21. The maximum atomic E-state index is 11.4. The third kappa shape index (κ3) is 28.0. The Balaban J connectivity index is -0.000000144. The van der Waals surface area contributed by atoms with Gasteiger partial charge in [-0.2, -0.15) is 0 Å². The first kappa shape index (κ1) is 53.2. The molecule has 0 aliphatic heterocycles. The molecule has 0 radical (unpaired) electrons. The fraction of sp³-hybridized carbons (Fsp3) is 0.160. The van der Waals surface area contributed by atoms with Crippen LogP contribution >= 0.6 is 112 Å². The summed E-state index contributed by atoms with van der Waals surface area (Å²) < 4.78 is 4.49. The number of ether oxygens (including phenoxy) is 1. The average Bonchev–Trinajstić information content (AvgIpc) is 2.89. The standard InChI is InChI=1S/C9H10ClNO.C8H7ClO2.C7H5ClO2.CH4.I3.2HI.Li.H2O.V/c1-11(2)9(12)7-4-3-5-8(10)6-7;1-11-8(10)6-3-2-4-7(9)5-6;8-6-3-1-2-5(4-6)7(9)10;;1-3-2;;;;;/h3-6H,1-2H3;2-5H,1H3;1-4H,(H,9,10);1H4;;2*1H;;1H2;/q;;;;-1;;;+1;;+2/p-3. The molecule has 2 N–H and O–H groups in total. The Morgan fingerprint density at radius 1 is 0.810 bits per heavy atom. The molecule has 0 bridgehead atoms. The van der Waals surface area contributed by atoms with Crippen LogP contribution in [0.2, 0.25) is 15.1 Å². The average molecular weight is 1240 g/mol. The zero-order chi connectivity index (χ0) is 30.4. The molecule has 3 aromatic rings. The first-order chi connectivity index (χ1) is 18.4. The fourth-order valence-corrected chi connectivity index (χ4v) is 2.81. The second kappa shape index (κ2) is 34.1. The molecule has 231 valence electrons. The quantitative estimate of drug-likeness (QED) is 0.239. The minimum atomic E-state index is -0.956. The van der Waals surface area contributed by atoms with Crippen molar-refractivity contribution in [3.05, 3.63) is 105 Å². The Morgan fingerprint density at radius 2 is 1.12 bits per heavy atom. The zero-order valence-electron chi connectivity index (χ0n) is 21.9. The third-order valence-corrected chi connectivity index (χ3v) is 4.50. The largest absolute Gasteiger partial charge is 1.00 e. The number of carbonyl (C=O) groups excluding carboxylic acids is 2. The molecule has 17 heteroatoms. The number of amides is 1. The molecule has 0 aliphatic rings. The van der Waals surface area contributed by atoms with Crippen LogP contribution in [0.3, 0.4) is 0 Å². The van der Waals surface area contributed by atoms with Crippen molar-refractivity contribution in [1.82, 2.24) is 4.90 Å². The van der Waals surface area contributed by atoms with E-state index < -0.39 is 5.97 Å². The van der Waals surface area contributed by atoms with Crippen molar-refractivity contribution in [2.45, 2.75) is 7.43 Å². The summed E-state index contributed by atoms with van der Waals surface area (Å²) in [6.07, 6.45) is 0. The Kier molecular flexibility index (Phi) is 43.2. The Morgan fingerprint density at radius 3 is 1.40 bits per heavy atom. The van der Waals surface area contributed by atoms with Gasteiger partial charge in [0, 0.05) is 34.7 Å². The number of benzene rings is 3. The molecule has 3 aromatic carbocycles. The molecule has 7 nitrogen and oxygen atoms in total. The number of halogens is 8. The normalized spacial score (nSPS) is 8.24. The van der Waals surface area contributed by atoms with Crippen LogP contribution < -0.4 is 32.1 Å². The minimum Gasteiger partial charge on any atom is -0.870 e. The molecule has 0 atom stereocenters. The summed E-state index contributed by atoms with van der Waals surface area (Å²) in [7, 11) is 5.39. The van der Waals surface area contributed by atoms with Gasteiger partial charge in [-0.25, -0.2) is 9.59 Å². The van der Waals surface area contributed by atoms with Crippen LogP contribution in [-0.2, 0) is 14.2 Å². The van der Waals surface area contributed by atoms with Crippen LogP contribution in [-0.4, -0.2) is 54.5 Å². The van der Waals surface area contributed by atoms with Crippen LogP contribution in [0.15, 0.2) is 72.8 Å². The summed E-state index contributed by atoms with van der Waals surface area (Å²) in [5.41, 5.74) is 1.31. The van der Waals surface area contributed by atoms with E-state index in [1.807, 2.05) is 0 Å². The van der Waals surface area contributed by atoms with E-state index in [0.717, 1.165) is 0 Å². The second-order valence-corrected chi connectivity index (χ2v) is 36.0.